The SMILES string of the molecule is COc1ccc(C2CCCc3ccccc3O2)cc1OC. The van der Waals surface area contributed by atoms with E-state index < -0.39 is 0 Å². The molecule has 0 fully saturated rings. The van der Waals surface area contributed by atoms with E-state index >= 15 is 0 Å². The van der Waals surface area contributed by atoms with E-state index in [9.17, 15) is 0 Å². The van der Waals surface area contributed by atoms with Gasteiger partial charge in [-0.1, -0.05) is 24.3 Å². The van der Waals surface area contributed by atoms with Crippen LogP contribution in [0.15, 0.2) is 42.5 Å². The fourth-order valence-corrected chi connectivity index (χ4v) is 2.80. The Morgan fingerprint density at radius 2 is 1.81 bits per heavy atom. The molecule has 3 heteroatoms. The highest BCUT2D eigenvalue weighted by atomic mass is 16.5. The Labute approximate surface area is 125 Å². The summed E-state index contributed by atoms with van der Waals surface area (Å²) in [4.78, 5) is 0. The molecule has 0 amide bonds. The summed E-state index contributed by atoms with van der Waals surface area (Å²) in [6, 6.07) is 14.3. The first-order chi connectivity index (χ1) is 10.3. The van der Waals surface area contributed by atoms with Crippen LogP contribution in [0.25, 0.3) is 0 Å². The Balaban J connectivity index is 1.90. The molecule has 0 aromatic heterocycles. The van der Waals surface area contributed by atoms with Gasteiger partial charge in [0, 0.05) is 0 Å². The average Bonchev–Trinajstić information content (AvgIpc) is 2.76. The van der Waals surface area contributed by atoms with E-state index in [4.69, 9.17) is 14.2 Å². The van der Waals surface area contributed by atoms with Crippen molar-refractivity contribution in [3.63, 3.8) is 0 Å². The molecule has 0 N–H and O–H groups in total. The normalized spacial score (nSPS) is 17.3. The zero-order chi connectivity index (χ0) is 14.7. The highest BCUT2D eigenvalue weighted by molar-refractivity contribution is 5.44. The van der Waals surface area contributed by atoms with Gasteiger partial charge in [0.25, 0.3) is 0 Å². The van der Waals surface area contributed by atoms with Crippen molar-refractivity contribution in [2.24, 2.45) is 0 Å². The van der Waals surface area contributed by atoms with Crippen LogP contribution in [0.3, 0.4) is 0 Å². The summed E-state index contributed by atoms with van der Waals surface area (Å²) in [7, 11) is 3.31. The molecule has 0 radical (unpaired) electrons. The van der Waals surface area contributed by atoms with Gasteiger partial charge in [-0.15, -0.1) is 0 Å². The molecule has 110 valence electrons. The third kappa shape index (κ3) is 2.82. The topological polar surface area (TPSA) is 27.7 Å². The van der Waals surface area contributed by atoms with Crippen molar-refractivity contribution in [2.75, 3.05) is 14.2 Å². The van der Waals surface area contributed by atoms with E-state index in [2.05, 4.69) is 24.3 Å². The largest absolute Gasteiger partial charge is 0.493 e. The lowest BCUT2D eigenvalue weighted by Crippen LogP contribution is -2.07. The van der Waals surface area contributed by atoms with Crippen LogP contribution < -0.4 is 14.2 Å². The fourth-order valence-electron chi connectivity index (χ4n) is 2.80. The van der Waals surface area contributed by atoms with Crippen LogP contribution in [0.2, 0.25) is 0 Å². The molecular formula is C18H20O3. The van der Waals surface area contributed by atoms with Crippen molar-refractivity contribution in [1.82, 2.24) is 0 Å². The van der Waals surface area contributed by atoms with Crippen LogP contribution >= 0.6 is 0 Å². The van der Waals surface area contributed by atoms with Gasteiger partial charge in [-0.25, -0.2) is 0 Å². The summed E-state index contributed by atoms with van der Waals surface area (Å²) in [5.74, 6) is 2.49. The van der Waals surface area contributed by atoms with Gasteiger partial charge in [-0.3, -0.25) is 0 Å². The van der Waals surface area contributed by atoms with Gasteiger partial charge in [0.05, 0.1) is 14.2 Å². The number of ether oxygens (including phenoxy) is 3. The third-order valence-electron chi connectivity index (χ3n) is 3.93. The first kappa shape index (κ1) is 13.8. The first-order valence-corrected chi connectivity index (χ1v) is 7.28. The van der Waals surface area contributed by atoms with Gasteiger partial charge in [0.15, 0.2) is 11.5 Å². The molecule has 3 nitrogen and oxygen atoms in total. The fraction of sp³-hybridized carbons (Fsp3) is 0.333. The molecule has 0 spiro atoms. The van der Waals surface area contributed by atoms with Crippen LogP contribution in [-0.2, 0) is 6.42 Å². The molecule has 3 rings (SSSR count). The molecular weight excluding hydrogens is 264 g/mol. The molecule has 1 heterocycles. The Morgan fingerprint density at radius 1 is 1.00 bits per heavy atom. The molecule has 0 saturated heterocycles. The van der Waals surface area contributed by atoms with Crippen LogP contribution in [0.5, 0.6) is 17.2 Å². The summed E-state index contributed by atoms with van der Waals surface area (Å²) < 4.78 is 16.9. The molecule has 1 aliphatic heterocycles. The number of aryl methyl sites for hydroxylation is 1. The predicted octanol–water partition coefficient (Wildman–Crippen LogP) is 4.16. The van der Waals surface area contributed by atoms with Gasteiger partial charge in [0.1, 0.15) is 11.9 Å². The lowest BCUT2D eigenvalue weighted by Gasteiger charge is -2.19. The summed E-state index contributed by atoms with van der Waals surface area (Å²) in [6.45, 7) is 0. The maximum absolute atomic E-state index is 6.22. The Bertz CT molecular complexity index is 622. The van der Waals surface area contributed by atoms with E-state index in [0.29, 0.717) is 0 Å². The van der Waals surface area contributed by atoms with Crippen molar-refractivity contribution in [3.05, 3.63) is 53.6 Å². The molecule has 1 atom stereocenters. The van der Waals surface area contributed by atoms with E-state index in [-0.39, 0.29) is 6.10 Å². The lowest BCUT2D eigenvalue weighted by molar-refractivity contribution is 0.199. The highest BCUT2D eigenvalue weighted by Gasteiger charge is 2.20. The van der Waals surface area contributed by atoms with Crippen molar-refractivity contribution < 1.29 is 14.2 Å². The van der Waals surface area contributed by atoms with Crippen molar-refractivity contribution >= 4 is 0 Å². The minimum absolute atomic E-state index is 0.0634. The molecule has 0 bridgehead atoms. The minimum atomic E-state index is 0.0634. The number of hydrogen-bond acceptors (Lipinski definition) is 3. The molecule has 2 aromatic carbocycles. The standard InChI is InChI=1S/C18H20O3/c1-19-17-11-10-14(12-18(17)20-2)16-9-5-7-13-6-3-4-8-15(13)21-16/h3-4,6,8,10-12,16H,5,7,9H2,1-2H3. The number of para-hydroxylation sites is 1. The highest BCUT2D eigenvalue weighted by Crippen LogP contribution is 2.36. The van der Waals surface area contributed by atoms with E-state index in [0.717, 1.165) is 42.1 Å². The van der Waals surface area contributed by atoms with E-state index in [1.165, 1.54) is 5.56 Å². The minimum Gasteiger partial charge on any atom is -0.493 e. The van der Waals surface area contributed by atoms with Crippen LogP contribution in [-0.4, -0.2) is 14.2 Å². The quantitative estimate of drug-likeness (QED) is 0.847. The zero-order valence-corrected chi connectivity index (χ0v) is 12.5. The smallest absolute Gasteiger partial charge is 0.161 e. The predicted molar refractivity (Wildman–Crippen MR) is 82.3 cm³/mol. The average molecular weight is 284 g/mol. The van der Waals surface area contributed by atoms with Crippen LogP contribution in [0, 0.1) is 0 Å². The number of hydrogen-bond donors (Lipinski definition) is 0. The Kier molecular flexibility index (Phi) is 4.00. The first-order valence-electron chi connectivity index (χ1n) is 7.28. The van der Waals surface area contributed by atoms with Gasteiger partial charge in [0.2, 0.25) is 0 Å². The monoisotopic (exact) mass is 284 g/mol. The number of rotatable bonds is 3. The summed E-state index contributed by atoms with van der Waals surface area (Å²) in [6.07, 6.45) is 3.26. The van der Waals surface area contributed by atoms with Crippen LogP contribution in [0.1, 0.15) is 30.1 Å². The van der Waals surface area contributed by atoms with Crippen molar-refractivity contribution in [1.29, 1.82) is 0 Å². The second-order valence-electron chi connectivity index (χ2n) is 5.22. The second kappa shape index (κ2) is 6.08. The maximum atomic E-state index is 6.22. The molecule has 0 aliphatic carbocycles. The van der Waals surface area contributed by atoms with Gasteiger partial charge in [-0.2, -0.15) is 0 Å². The van der Waals surface area contributed by atoms with E-state index in [1.54, 1.807) is 14.2 Å². The Morgan fingerprint density at radius 3 is 2.62 bits per heavy atom. The molecule has 21 heavy (non-hydrogen) atoms. The zero-order valence-electron chi connectivity index (χ0n) is 12.5. The lowest BCUT2D eigenvalue weighted by atomic mass is 10.0. The number of methoxy groups -OCH3 is 2. The van der Waals surface area contributed by atoms with Crippen molar-refractivity contribution in [3.8, 4) is 17.2 Å². The summed E-state index contributed by atoms with van der Waals surface area (Å²) in [5.41, 5.74) is 2.42. The number of benzene rings is 2. The molecule has 2 aromatic rings. The van der Waals surface area contributed by atoms with Gasteiger partial charge >= 0.3 is 0 Å². The summed E-state index contributed by atoms with van der Waals surface area (Å²) >= 11 is 0. The van der Waals surface area contributed by atoms with Crippen molar-refractivity contribution in [2.45, 2.75) is 25.4 Å². The molecule has 1 unspecified atom stereocenters. The molecule has 1 aliphatic rings. The number of fused-ring (bicyclic) bond motifs is 1. The third-order valence-corrected chi connectivity index (χ3v) is 3.93. The van der Waals surface area contributed by atoms with Gasteiger partial charge in [-0.05, 0) is 48.6 Å². The van der Waals surface area contributed by atoms with Gasteiger partial charge < -0.3 is 14.2 Å². The second-order valence-corrected chi connectivity index (χ2v) is 5.22. The Hall–Kier alpha value is -2.16. The van der Waals surface area contributed by atoms with Crippen LogP contribution in [0.4, 0.5) is 0 Å². The summed E-state index contributed by atoms with van der Waals surface area (Å²) in [5, 5.41) is 0. The maximum Gasteiger partial charge on any atom is 0.161 e. The molecule has 0 saturated carbocycles. The van der Waals surface area contributed by atoms with E-state index in [1.807, 2.05) is 18.2 Å².